The van der Waals surface area contributed by atoms with Gasteiger partial charge in [-0.15, -0.1) is 0 Å². The van der Waals surface area contributed by atoms with Crippen LogP contribution >= 0.6 is 11.6 Å². The molecule has 3 aromatic rings. The first-order valence-corrected chi connectivity index (χ1v) is 8.67. The van der Waals surface area contributed by atoms with E-state index in [1.165, 1.54) is 0 Å². The summed E-state index contributed by atoms with van der Waals surface area (Å²) in [5.41, 5.74) is 2.77. The Hall–Kier alpha value is -2.37. The summed E-state index contributed by atoms with van der Waals surface area (Å²) >= 11 is 6.00. The molecule has 1 saturated heterocycles. The average Bonchev–Trinajstić information content (AvgIpc) is 3.02. The van der Waals surface area contributed by atoms with Crippen LogP contribution in [-0.2, 0) is 16.1 Å². The summed E-state index contributed by atoms with van der Waals surface area (Å²) in [5.74, 6) is 0.862. The smallest absolute Gasteiger partial charge is 0.242 e. The maximum absolute atomic E-state index is 12.7. The second-order valence-corrected chi connectivity index (χ2v) is 6.45. The van der Waals surface area contributed by atoms with E-state index in [9.17, 15) is 4.79 Å². The van der Waals surface area contributed by atoms with E-state index in [0.717, 1.165) is 22.4 Å². The maximum atomic E-state index is 12.7. The van der Waals surface area contributed by atoms with Gasteiger partial charge in [-0.1, -0.05) is 23.7 Å². The molecule has 0 radical (unpaired) electrons. The van der Waals surface area contributed by atoms with E-state index < -0.39 is 0 Å². The summed E-state index contributed by atoms with van der Waals surface area (Å²) in [4.78, 5) is 19.3. The Morgan fingerprint density at radius 2 is 1.80 bits per heavy atom. The summed E-state index contributed by atoms with van der Waals surface area (Å²) in [5, 5.41) is 0.677. The number of nitrogens with zero attached hydrogens (tertiary/aromatic N) is 3. The topological polar surface area (TPSA) is 47.4 Å². The largest absolute Gasteiger partial charge is 0.378 e. The number of carbonyl (C=O) groups is 1. The van der Waals surface area contributed by atoms with Crippen LogP contribution in [0.25, 0.3) is 22.4 Å². The van der Waals surface area contributed by atoms with Crippen LogP contribution in [0.2, 0.25) is 5.02 Å². The van der Waals surface area contributed by atoms with Gasteiger partial charge in [0.1, 0.15) is 12.4 Å². The number of aromatic nitrogens is 2. The van der Waals surface area contributed by atoms with Crippen molar-refractivity contribution in [2.45, 2.75) is 6.54 Å². The van der Waals surface area contributed by atoms with Crippen LogP contribution in [0.3, 0.4) is 0 Å². The highest BCUT2D eigenvalue weighted by Crippen LogP contribution is 2.26. The van der Waals surface area contributed by atoms with Gasteiger partial charge in [0.05, 0.1) is 24.2 Å². The quantitative estimate of drug-likeness (QED) is 0.724. The molecule has 1 amide bonds. The number of hydrogen-bond donors (Lipinski definition) is 0. The van der Waals surface area contributed by atoms with Crippen molar-refractivity contribution in [3.63, 3.8) is 0 Å². The number of carbonyl (C=O) groups excluding carboxylic acids is 1. The lowest BCUT2D eigenvalue weighted by Crippen LogP contribution is -2.42. The van der Waals surface area contributed by atoms with Crippen molar-refractivity contribution in [3.8, 4) is 11.4 Å². The molecule has 0 N–H and O–H groups in total. The van der Waals surface area contributed by atoms with Crippen LogP contribution in [-0.4, -0.2) is 46.7 Å². The average molecular weight is 356 g/mol. The molecule has 1 aliphatic heterocycles. The molecule has 0 bridgehead atoms. The van der Waals surface area contributed by atoms with Crippen molar-refractivity contribution < 1.29 is 9.53 Å². The van der Waals surface area contributed by atoms with Crippen molar-refractivity contribution in [2.75, 3.05) is 26.3 Å². The number of ether oxygens (including phenoxy) is 1. The van der Waals surface area contributed by atoms with Crippen LogP contribution in [0.15, 0.2) is 48.5 Å². The zero-order valence-electron chi connectivity index (χ0n) is 13.7. The van der Waals surface area contributed by atoms with E-state index in [1.54, 1.807) is 0 Å². The van der Waals surface area contributed by atoms with Gasteiger partial charge < -0.3 is 14.2 Å². The van der Waals surface area contributed by atoms with Crippen LogP contribution in [0.1, 0.15) is 0 Å². The first-order chi connectivity index (χ1) is 12.2. The van der Waals surface area contributed by atoms with Crippen LogP contribution < -0.4 is 0 Å². The maximum Gasteiger partial charge on any atom is 0.242 e. The number of fused-ring (bicyclic) bond motifs is 1. The van der Waals surface area contributed by atoms with Crippen molar-refractivity contribution in [1.29, 1.82) is 0 Å². The molecule has 5 nitrogen and oxygen atoms in total. The summed E-state index contributed by atoms with van der Waals surface area (Å²) in [7, 11) is 0. The fraction of sp³-hybridized carbons (Fsp3) is 0.263. The molecule has 1 aliphatic rings. The molecule has 0 saturated carbocycles. The molecule has 0 spiro atoms. The van der Waals surface area contributed by atoms with E-state index in [2.05, 4.69) is 0 Å². The lowest BCUT2D eigenvalue weighted by atomic mass is 10.2. The minimum Gasteiger partial charge on any atom is -0.378 e. The predicted octanol–water partition coefficient (Wildman–Crippen LogP) is 3.22. The van der Waals surface area contributed by atoms with E-state index >= 15 is 0 Å². The third-order valence-electron chi connectivity index (χ3n) is 4.41. The Kier molecular flexibility index (Phi) is 4.42. The number of morpholine rings is 1. The Balaban J connectivity index is 1.74. The normalized spacial score (nSPS) is 14.8. The third-order valence-corrected chi connectivity index (χ3v) is 4.67. The van der Waals surface area contributed by atoms with Gasteiger partial charge in [-0.3, -0.25) is 4.79 Å². The SMILES string of the molecule is O=C(Cn1c(-c2ccc(Cl)cc2)nc2ccccc21)N1CCOCC1. The molecule has 1 aromatic heterocycles. The van der Waals surface area contributed by atoms with Crippen molar-refractivity contribution in [3.05, 3.63) is 53.6 Å². The number of hydrogen-bond acceptors (Lipinski definition) is 3. The van der Waals surface area contributed by atoms with Gasteiger partial charge in [0, 0.05) is 23.7 Å². The Morgan fingerprint density at radius 3 is 2.56 bits per heavy atom. The fourth-order valence-corrected chi connectivity index (χ4v) is 3.23. The lowest BCUT2D eigenvalue weighted by molar-refractivity contribution is -0.135. The summed E-state index contributed by atoms with van der Waals surface area (Å²) in [6.07, 6.45) is 0. The van der Waals surface area contributed by atoms with Gasteiger partial charge >= 0.3 is 0 Å². The molecule has 25 heavy (non-hydrogen) atoms. The molecule has 2 aromatic carbocycles. The van der Waals surface area contributed by atoms with Crippen LogP contribution in [0, 0.1) is 0 Å². The summed E-state index contributed by atoms with van der Waals surface area (Å²) in [6, 6.07) is 15.4. The monoisotopic (exact) mass is 355 g/mol. The summed E-state index contributed by atoms with van der Waals surface area (Å²) in [6.45, 7) is 2.74. The Labute approximate surface area is 150 Å². The minimum atomic E-state index is 0.0849. The third kappa shape index (κ3) is 3.25. The zero-order chi connectivity index (χ0) is 17.2. The molecule has 2 heterocycles. The fourth-order valence-electron chi connectivity index (χ4n) is 3.10. The zero-order valence-corrected chi connectivity index (χ0v) is 14.4. The van der Waals surface area contributed by atoms with Crippen molar-refractivity contribution >= 4 is 28.5 Å². The number of imidazole rings is 1. The molecule has 0 atom stereocenters. The van der Waals surface area contributed by atoms with E-state index in [4.69, 9.17) is 21.3 Å². The molecular formula is C19H18ClN3O2. The van der Waals surface area contributed by atoms with Crippen molar-refractivity contribution in [2.24, 2.45) is 0 Å². The van der Waals surface area contributed by atoms with Gasteiger partial charge in [0.2, 0.25) is 5.91 Å². The molecular weight excluding hydrogens is 338 g/mol. The predicted molar refractivity (Wildman–Crippen MR) is 97.6 cm³/mol. The first-order valence-electron chi connectivity index (χ1n) is 8.29. The van der Waals surface area contributed by atoms with E-state index in [0.29, 0.717) is 31.3 Å². The number of rotatable bonds is 3. The standard InChI is InChI=1S/C19H18ClN3O2/c20-15-7-5-14(6-8-15)19-21-16-3-1-2-4-17(16)23(19)13-18(24)22-9-11-25-12-10-22/h1-8H,9-13H2. The second-order valence-electron chi connectivity index (χ2n) is 6.01. The number of benzene rings is 2. The van der Waals surface area contributed by atoms with Gasteiger partial charge in [-0.2, -0.15) is 0 Å². The highest BCUT2D eigenvalue weighted by molar-refractivity contribution is 6.30. The number of amides is 1. The molecule has 4 rings (SSSR count). The number of halogens is 1. The Morgan fingerprint density at radius 1 is 1.08 bits per heavy atom. The van der Waals surface area contributed by atoms with Crippen LogP contribution in [0.5, 0.6) is 0 Å². The van der Waals surface area contributed by atoms with E-state index in [1.807, 2.05) is 58.0 Å². The second kappa shape index (κ2) is 6.86. The molecule has 1 fully saturated rings. The highest BCUT2D eigenvalue weighted by Gasteiger charge is 2.20. The van der Waals surface area contributed by atoms with Crippen LogP contribution in [0.4, 0.5) is 0 Å². The van der Waals surface area contributed by atoms with Gasteiger partial charge in [-0.05, 0) is 36.4 Å². The molecule has 6 heteroatoms. The first kappa shape index (κ1) is 16.1. The number of para-hydroxylation sites is 2. The lowest BCUT2D eigenvalue weighted by Gasteiger charge is -2.27. The highest BCUT2D eigenvalue weighted by atomic mass is 35.5. The molecule has 0 aliphatic carbocycles. The van der Waals surface area contributed by atoms with Gasteiger partial charge in [-0.25, -0.2) is 4.98 Å². The molecule has 0 unspecified atom stereocenters. The van der Waals surface area contributed by atoms with Gasteiger partial charge in [0.25, 0.3) is 0 Å². The molecule has 128 valence electrons. The summed E-state index contributed by atoms with van der Waals surface area (Å²) < 4.78 is 7.32. The minimum absolute atomic E-state index is 0.0849. The Bertz CT molecular complexity index is 899. The van der Waals surface area contributed by atoms with Gasteiger partial charge in [0.15, 0.2) is 0 Å². The van der Waals surface area contributed by atoms with Crippen molar-refractivity contribution in [1.82, 2.24) is 14.5 Å². The van der Waals surface area contributed by atoms with E-state index in [-0.39, 0.29) is 12.5 Å².